The molecule has 0 amide bonds. The number of nitrogens with zero attached hydrogens (tertiary/aromatic N) is 2. The van der Waals surface area contributed by atoms with Gasteiger partial charge in [0.1, 0.15) is 7.05 Å². The molecule has 0 atom stereocenters. The Hall–Kier alpha value is -1.38. The van der Waals surface area contributed by atoms with Crippen LogP contribution < -0.4 is 0 Å². The largest absolute Gasteiger partial charge is 0.624 e. The molecular formula is C7H8N2O. The minimum Gasteiger partial charge on any atom is -0.624 e. The maximum atomic E-state index is 10.5. The van der Waals surface area contributed by atoms with Crippen LogP contribution in [0.1, 0.15) is 5.56 Å². The molecule has 1 heterocycles. The number of rotatable bonds is 1. The highest BCUT2D eigenvalue weighted by Gasteiger charge is 1.86. The van der Waals surface area contributed by atoms with E-state index in [4.69, 9.17) is 0 Å². The number of hydrogen-bond acceptors (Lipinski definition) is 2. The van der Waals surface area contributed by atoms with Crippen LogP contribution in [-0.4, -0.2) is 23.0 Å². The lowest BCUT2D eigenvalue weighted by molar-refractivity contribution is -0.416. The van der Waals surface area contributed by atoms with Crippen molar-refractivity contribution in [1.29, 1.82) is 0 Å². The Labute approximate surface area is 59.2 Å². The molecule has 0 aliphatic heterocycles. The zero-order valence-electron chi connectivity index (χ0n) is 5.69. The van der Waals surface area contributed by atoms with E-state index in [2.05, 4.69) is 4.98 Å². The highest BCUT2D eigenvalue weighted by atomic mass is 16.5. The average molecular weight is 136 g/mol. The Morgan fingerprint density at radius 1 is 1.50 bits per heavy atom. The fraction of sp³-hybridized carbons (Fsp3) is 0.143. The first-order valence-electron chi connectivity index (χ1n) is 2.94. The van der Waals surface area contributed by atoms with Gasteiger partial charge >= 0.3 is 0 Å². The first-order chi connectivity index (χ1) is 4.79. The monoisotopic (exact) mass is 136 g/mol. The molecule has 0 aromatic carbocycles. The van der Waals surface area contributed by atoms with Crippen LogP contribution in [0.3, 0.4) is 0 Å². The Kier molecular flexibility index (Phi) is 1.99. The summed E-state index contributed by atoms with van der Waals surface area (Å²) < 4.78 is 0.759. The molecule has 1 aromatic heterocycles. The smallest absolute Gasteiger partial charge is 0.181 e. The van der Waals surface area contributed by atoms with Gasteiger partial charge in [-0.1, -0.05) is 0 Å². The van der Waals surface area contributed by atoms with Crippen molar-refractivity contribution < 1.29 is 4.74 Å². The van der Waals surface area contributed by atoms with Crippen LogP contribution >= 0.6 is 0 Å². The third-order valence-corrected chi connectivity index (χ3v) is 1.04. The molecule has 1 aromatic rings. The van der Waals surface area contributed by atoms with Gasteiger partial charge in [0.05, 0.1) is 0 Å². The molecule has 0 saturated carbocycles. The second kappa shape index (κ2) is 2.96. The van der Waals surface area contributed by atoms with Crippen molar-refractivity contribution in [2.75, 3.05) is 7.05 Å². The van der Waals surface area contributed by atoms with Crippen LogP contribution in [0.15, 0.2) is 24.5 Å². The second-order valence-electron chi connectivity index (χ2n) is 1.96. The van der Waals surface area contributed by atoms with E-state index in [1.807, 2.05) is 0 Å². The summed E-state index contributed by atoms with van der Waals surface area (Å²) in [6.07, 6.45) is 4.78. The number of hydroxylamine groups is 1. The molecule has 3 heteroatoms. The molecule has 3 nitrogen and oxygen atoms in total. The summed E-state index contributed by atoms with van der Waals surface area (Å²) >= 11 is 0. The Balaban J connectivity index is 2.87. The number of aromatic nitrogens is 1. The van der Waals surface area contributed by atoms with Gasteiger partial charge in [-0.25, -0.2) is 4.74 Å². The summed E-state index contributed by atoms with van der Waals surface area (Å²) in [7, 11) is 1.44. The molecular weight excluding hydrogens is 128 g/mol. The summed E-state index contributed by atoms with van der Waals surface area (Å²) in [6.45, 7) is 0. The van der Waals surface area contributed by atoms with E-state index in [1.165, 1.54) is 13.3 Å². The van der Waals surface area contributed by atoms with Crippen LogP contribution in [0.2, 0.25) is 0 Å². The van der Waals surface area contributed by atoms with E-state index in [-0.39, 0.29) is 0 Å². The lowest BCUT2D eigenvalue weighted by Crippen LogP contribution is -1.96. The van der Waals surface area contributed by atoms with E-state index in [0.29, 0.717) is 0 Å². The zero-order chi connectivity index (χ0) is 7.40. The molecule has 0 fully saturated rings. The number of hydrogen-bond donors (Lipinski definition) is 0. The maximum absolute atomic E-state index is 10.5. The van der Waals surface area contributed by atoms with E-state index in [1.54, 1.807) is 24.5 Å². The van der Waals surface area contributed by atoms with Crippen LogP contribution in [0, 0.1) is 5.21 Å². The lowest BCUT2D eigenvalue weighted by atomic mass is 10.3. The summed E-state index contributed by atoms with van der Waals surface area (Å²) in [5.41, 5.74) is 0.868. The predicted octanol–water partition coefficient (Wildman–Crippen LogP) is 0.641. The highest BCUT2D eigenvalue weighted by Crippen LogP contribution is 1.89. The SMILES string of the molecule is C[N+]([O-])=Cc1ccncc1. The van der Waals surface area contributed by atoms with E-state index in [0.717, 1.165) is 10.3 Å². The van der Waals surface area contributed by atoms with Crippen molar-refractivity contribution in [3.63, 3.8) is 0 Å². The van der Waals surface area contributed by atoms with E-state index in [9.17, 15) is 5.21 Å². The highest BCUT2D eigenvalue weighted by molar-refractivity contribution is 5.74. The third kappa shape index (κ3) is 1.85. The molecule has 10 heavy (non-hydrogen) atoms. The molecule has 52 valence electrons. The summed E-state index contributed by atoms with van der Waals surface area (Å²) in [5, 5.41) is 10.5. The van der Waals surface area contributed by atoms with Crippen molar-refractivity contribution in [3.8, 4) is 0 Å². The fourth-order valence-electron chi connectivity index (χ4n) is 0.659. The van der Waals surface area contributed by atoms with Crippen LogP contribution in [-0.2, 0) is 0 Å². The van der Waals surface area contributed by atoms with Crippen molar-refractivity contribution in [2.24, 2.45) is 0 Å². The topological polar surface area (TPSA) is 39.0 Å². The van der Waals surface area contributed by atoms with Gasteiger partial charge in [0, 0.05) is 18.0 Å². The van der Waals surface area contributed by atoms with Gasteiger partial charge < -0.3 is 5.21 Å². The van der Waals surface area contributed by atoms with Crippen LogP contribution in [0.4, 0.5) is 0 Å². The van der Waals surface area contributed by atoms with Gasteiger partial charge in [0.2, 0.25) is 0 Å². The summed E-state index contributed by atoms with van der Waals surface area (Å²) in [5.74, 6) is 0. The van der Waals surface area contributed by atoms with Crippen LogP contribution in [0.25, 0.3) is 0 Å². The van der Waals surface area contributed by atoms with Gasteiger partial charge in [-0.3, -0.25) is 4.98 Å². The minimum atomic E-state index is 0.759. The summed E-state index contributed by atoms with van der Waals surface area (Å²) in [6, 6.07) is 3.54. The van der Waals surface area contributed by atoms with Gasteiger partial charge in [0.25, 0.3) is 0 Å². The van der Waals surface area contributed by atoms with Crippen molar-refractivity contribution >= 4 is 6.21 Å². The predicted molar refractivity (Wildman–Crippen MR) is 39.0 cm³/mol. The van der Waals surface area contributed by atoms with Crippen molar-refractivity contribution in [2.45, 2.75) is 0 Å². The molecule has 0 unspecified atom stereocenters. The Bertz CT molecular complexity index is 227. The average Bonchev–Trinajstić information content (AvgIpc) is 1.88. The molecule has 0 saturated heterocycles. The quantitative estimate of drug-likeness (QED) is 0.246. The fourth-order valence-corrected chi connectivity index (χ4v) is 0.659. The Morgan fingerprint density at radius 2 is 2.10 bits per heavy atom. The van der Waals surface area contributed by atoms with Crippen molar-refractivity contribution in [1.82, 2.24) is 4.98 Å². The molecule has 0 bridgehead atoms. The zero-order valence-corrected chi connectivity index (χ0v) is 5.69. The minimum absolute atomic E-state index is 0.759. The third-order valence-electron chi connectivity index (χ3n) is 1.04. The van der Waals surface area contributed by atoms with E-state index < -0.39 is 0 Å². The second-order valence-corrected chi connectivity index (χ2v) is 1.96. The normalized spacial score (nSPS) is 11.5. The van der Waals surface area contributed by atoms with Gasteiger partial charge in [-0.05, 0) is 12.1 Å². The van der Waals surface area contributed by atoms with Gasteiger partial charge in [-0.15, -0.1) is 0 Å². The van der Waals surface area contributed by atoms with Gasteiger partial charge in [-0.2, -0.15) is 0 Å². The molecule has 0 aliphatic carbocycles. The van der Waals surface area contributed by atoms with Crippen molar-refractivity contribution in [3.05, 3.63) is 35.3 Å². The molecule has 1 rings (SSSR count). The van der Waals surface area contributed by atoms with E-state index >= 15 is 0 Å². The molecule has 0 radical (unpaired) electrons. The molecule has 0 N–H and O–H groups in total. The standard InChI is InChI=1S/C7H8N2O/c1-9(10)6-7-2-4-8-5-3-7/h2-6H,1H3. The van der Waals surface area contributed by atoms with Gasteiger partial charge in [0.15, 0.2) is 6.21 Å². The lowest BCUT2D eigenvalue weighted by Gasteiger charge is -1.93. The molecule has 0 spiro atoms. The Morgan fingerprint density at radius 3 is 2.60 bits per heavy atom. The first kappa shape index (κ1) is 6.74. The number of pyridine rings is 1. The maximum Gasteiger partial charge on any atom is 0.181 e. The van der Waals surface area contributed by atoms with Crippen LogP contribution in [0.5, 0.6) is 0 Å². The summed E-state index contributed by atoms with van der Waals surface area (Å²) in [4.78, 5) is 3.81. The first-order valence-corrected chi connectivity index (χ1v) is 2.94. The molecule has 0 aliphatic rings.